The van der Waals surface area contributed by atoms with E-state index in [-0.39, 0.29) is 0 Å². The van der Waals surface area contributed by atoms with Crippen LogP contribution in [0.5, 0.6) is 5.75 Å². The van der Waals surface area contributed by atoms with Gasteiger partial charge in [0.1, 0.15) is 11.6 Å². The summed E-state index contributed by atoms with van der Waals surface area (Å²) in [4.78, 5) is 4.55. The minimum atomic E-state index is 0.783. The molecule has 1 aromatic heterocycles. The molecule has 0 spiro atoms. The highest BCUT2D eigenvalue weighted by atomic mass is 16.5. The summed E-state index contributed by atoms with van der Waals surface area (Å²) >= 11 is 0. The second kappa shape index (κ2) is 4.77. The number of imidazole rings is 1. The van der Waals surface area contributed by atoms with Crippen LogP contribution < -0.4 is 4.74 Å². The molecule has 0 bridgehead atoms. The van der Waals surface area contributed by atoms with E-state index in [1.807, 2.05) is 12.4 Å². The highest BCUT2D eigenvalue weighted by molar-refractivity contribution is 5.63. The number of aryl methyl sites for hydroxylation is 1. The SMILES string of the molecule is Cc1ccccc1-n1ccnc1-c1ccc2c(c1)CCO2. The van der Waals surface area contributed by atoms with Gasteiger partial charge in [0.15, 0.2) is 0 Å². The van der Waals surface area contributed by atoms with Crippen molar-refractivity contribution >= 4 is 0 Å². The molecule has 0 amide bonds. The van der Waals surface area contributed by atoms with Gasteiger partial charge < -0.3 is 4.74 Å². The molecule has 0 unspecified atom stereocenters. The van der Waals surface area contributed by atoms with E-state index in [0.29, 0.717) is 0 Å². The van der Waals surface area contributed by atoms with Crippen LogP contribution in [0.25, 0.3) is 17.1 Å². The number of para-hydroxylation sites is 1. The van der Waals surface area contributed by atoms with Crippen LogP contribution in [0, 0.1) is 6.92 Å². The number of ether oxygens (including phenoxy) is 1. The molecule has 0 atom stereocenters. The molecule has 1 aliphatic heterocycles. The molecule has 0 radical (unpaired) electrons. The highest BCUT2D eigenvalue weighted by Crippen LogP contribution is 2.31. The van der Waals surface area contributed by atoms with E-state index in [4.69, 9.17) is 4.74 Å². The number of fused-ring (bicyclic) bond motifs is 1. The van der Waals surface area contributed by atoms with Crippen molar-refractivity contribution < 1.29 is 4.74 Å². The molecule has 3 heteroatoms. The predicted octanol–water partition coefficient (Wildman–Crippen LogP) is 3.78. The summed E-state index contributed by atoms with van der Waals surface area (Å²) in [5.41, 5.74) is 4.81. The van der Waals surface area contributed by atoms with Crippen LogP contribution in [0.3, 0.4) is 0 Å². The lowest BCUT2D eigenvalue weighted by molar-refractivity contribution is 0.357. The van der Waals surface area contributed by atoms with Crippen molar-refractivity contribution in [3.63, 3.8) is 0 Å². The highest BCUT2D eigenvalue weighted by Gasteiger charge is 2.15. The lowest BCUT2D eigenvalue weighted by Gasteiger charge is -2.11. The molecule has 104 valence electrons. The van der Waals surface area contributed by atoms with Crippen molar-refractivity contribution in [2.75, 3.05) is 6.61 Å². The summed E-state index contributed by atoms with van der Waals surface area (Å²) in [5, 5.41) is 0. The van der Waals surface area contributed by atoms with E-state index in [1.165, 1.54) is 16.8 Å². The van der Waals surface area contributed by atoms with Crippen LogP contribution >= 0.6 is 0 Å². The lowest BCUT2D eigenvalue weighted by atomic mass is 10.1. The monoisotopic (exact) mass is 276 g/mol. The quantitative estimate of drug-likeness (QED) is 0.712. The zero-order valence-corrected chi connectivity index (χ0v) is 11.9. The summed E-state index contributed by atoms with van der Waals surface area (Å²) < 4.78 is 7.72. The van der Waals surface area contributed by atoms with Crippen molar-refractivity contribution in [1.29, 1.82) is 0 Å². The van der Waals surface area contributed by atoms with Crippen molar-refractivity contribution in [1.82, 2.24) is 9.55 Å². The van der Waals surface area contributed by atoms with Gasteiger partial charge in [0.25, 0.3) is 0 Å². The van der Waals surface area contributed by atoms with Gasteiger partial charge >= 0.3 is 0 Å². The van der Waals surface area contributed by atoms with Gasteiger partial charge in [-0.05, 0) is 42.3 Å². The Balaban J connectivity index is 1.84. The fraction of sp³-hybridized carbons (Fsp3) is 0.167. The van der Waals surface area contributed by atoms with Gasteiger partial charge in [-0.3, -0.25) is 4.57 Å². The molecule has 3 nitrogen and oxygen atoms in total. The molecular formula is C18H16N2O. The van der Waals surface area contributed by atoms with Crippen molar-refractivity contribution in [3.8, 4) is 22.8 Å². The lowest BCUT2D eigenvalue weighted by Crippen LogP contribution is -1.98. The summed E-state index contributed by atoms with van der Waals surface area (Å²) in [6, 6.07) is 14.7. The molecule has 0 saturated heterocycles. The standard InChI is InChI=1S/C18H16N2O/c1-13-4-2-3-5-16(13)20-10-9-19-18(20)15-6-7-17-14(12-15)8-11-21-17/h2-7,9-10,12H,8,11H2,1H3. The molecule has 0 aliphatic carbocycles. The summed E-state index contributed by atoms with van der Waals surface area (Å²) in [7, 11) is 0. The molecule has 3 aromatic rings. The van der Waals surface area contributed by atoms with Crippen molar-refractivity contribution in [2.45, 2.75) is 13.3 Å². The molecular weight excluding hydrogens is 260 g/mol. The second-order valence-electron chi connectivity index (χ2n) is 5.33. The maximum Gasteiger partial charge on any atom is 0.144 e. The number of benzene rings is 2. The fourth-order valence-corrected chi connectivity index (χ4v) is 2.87. The molecule has 1 aliphatic rings. The Hall–Kier alpha value is -2.55. The number of hydrogen-bond donors (Lipinski definition) is 0. The van der Waals surface area contributed by atoms with Crippen molar-refractivity contribution in [3.05, 3.63) is 66.0 Å². The van der Waals surface area contributed by atoms with Gasteiger partial charge in [-0.1, -0.05) is 18.2 Å². The van der Waals surface area contributed by atoms with Crippen LogP contribution in [-0.2, 0) is 6.42 Å². The van der Waals surface area contributed by atoms with Crippen LogP contribution in [-0.4, -0.2) is 16.2 Å². The molecule has 2 heterocycles. The summed E-state index contributed by atoms with van der Waals surface area (Å²) in [6.07, 6.45) is 4.85. The van der Waals surface area contributed by atoms with Crippen LogP contribution in [0.4, 0.5) is 0 Å². The third-order valence-corrected chi connectivity index (χ3v) is 3.96. The summed E-state index contributed by atoms with van der Waals surface area (Å²) in [6.45, 7) is 2.90. The molecule has 2 aromatic carbocycles. The minimum absolute atomic E-state index is 0.783. The van der Waals surface area contributed by atoms with Crippen LogP contribution in [0.15, 0.2) is 54.9 Å². The number of rotatable bonds is 2. The van der Waals surface area contributed by atoms with E-state index in [2.05, 4.69) is 58.9 Å². The van der Waals surface area contributed by atoms with Gasteiger partial charge in [0, 0.05) is 30.1 Å². The maximum atomic E-state index is 5.58. The molecule has 0 saturated carbocycles. The molecule has 21 heavy (non-hydrogen) atoms. The van der Waals surface area contributed by atoms with Crippen LogP contribution in [0.1, 0.15) is 11.1 Å². The first-order valence-corrected chi connectivity index (χ1v) is 7.18. The first kappa shape index (κ1) is 12.2. The van der Waals surface area contributed by atoms with Gasteiger partial charge in [-0.25, -0.2) is 4.98 Å². The Labute approximate surface area is 123 Å². The first-order chi connectivity index (χ1) is 10.3. The second-order valence-corrected chi connectivity index (χ2v) is 5.33. The topological polar surface area (TPSA) is 27.1 Å². The van der Waals surface area contributed by atoms with E-state index in [0.717, 1.165) is 30.2 Å². The Kier molecular flexibility index (Phi) is 2.78. The Morgan fingerprint density at radius 1 is 1.14 bits per heavy atom. The average molecular weight is 276 g/mol. The van der Waals surface area contributed by atoms with Gasteiger partial charge in [0.05, 0.1) is 6.61 Å². The Bertz CT molecular complexity index is 804. The largest absolute Gasteiger partial charge is 0.493 e. The molecule has 0 fully saturated rings. The normalized spacial score (nSPS) is 13.0. The number of nitrogens with zero attached hydrogens (tertiary/aromatic N) is 2. The first-order valence-electron chi connectivity index (χ1n) is 7.18. The van der Waals surface area contributed by atoms with Gasteiger partial charge in [0.2, 0.25) is 0 Å². The Morgan fingerprint density at radius 3 is 2.95 bits per heavy atom. The van der Waals surface area contributed by atoms with E-state index in [1.54, 1.807) is 0 Å². The van der Waals surface area contributed by atoms with Crippen molar-refractivity contribution in [2.24, 2.45) is 0 Å². The van der Waals surface area contributed by atoms with E-state index in [9.17, 15) is 0 Å². The average Bonchev–Trinajstić information content (AvgIpc) is 3.15. The fourth-order valence-electron chi connectivity index (χ4n) is 2.87. The zero-order chi connectivity index (χ0) is 14.2. The van der Waals surface area contributed by atoms with E-state index < -0.39 is 0 Å². The van der Waals surface area contributed by atoms with Gasteiger partial charge in [-0.2, -0.15) is 0 Å². The summed E-state index contributed by atoms with van der Waals surface area (Å²) in [5.74, 6) is 1.98. The zero-order valence-electron chi connectivity index (χ0n) is 11.9. The smallest absolute Gasteiger partial charge is 0.144 e. The molecule has 0 N–H and O–H groups in total. The third kappa shape index (κ3) is 2.02. The van der Waals surface area contributed by atoms with E-state index >= 15 is 0 Å². The minimum Gasteiger partial charge on any atom is -0.493 e. The van der Waals surface area contributed by atoms with Crippen LogP contribution in [0.2, 0.25) is 0 Å². The van der Waals surface area contributed by atoms with Gasteiger partial charge in [-0.15, -0.1) is 0 Å². The Morgan fingerprint density at radius 2 is 2.05 bits per heavy atom. The third-order valence-electron chi connectivity index (χ3n) is 3.96. The molecule has 4 rings (SSSR count). The maximum absolute atomic E-state index is 5.58. The number of hydrogen-bond acceptors (Lipinski definition) is 2. The number of aromatic nitrogens is 2. The predicted molar refractivity (Wildman–Crippen MR) is 82.9 cm³/mol.